The molecule has 3 aliphatic heterocycles. The zero-order valence-electron chi connectivity index (χ0n) is 18.3. The van der Waals surface area contributed by atoms with E-state index in [9.17, 15) is 23.1 Å². The smallest absolute Gasteiger partial charge is 0.426 e. The maximum atomic E-state index is 13.6. The van der Waals surface area contributed by atoms with Crippen LogP contribution in [0.15, 0.2) is 60.7 Å². The highest BCUT2D eigenvalue weighted by Crippen LogP contribution is 2.44. The van der Waals surface area contributed by atoms with Crippen molar-refractivity contribution in [3.05, 3.63) is 66.2 Å². The van der Waals surface area contributed by atoms with Crippen LogP contribution >= 0.6 is 0 Å². The average molecular weight is 482 g/mol. The molecular weight excluding hydrogens is 461 g/mol. The molecule has 35 heavy (non-hydrogen) atoms. The third-order valence-corrected chi connectivity index (χ3v) is 6.66. The highest BCUT2D eigenvalue weighted by atomic mass is 19.4. The fourth-order valence-electron chi connectivity index (χ4n) is 4.82. The Labute approximate surface area is 198 Å². The Balaban J connectivity index is 1.37. The van der Waals surface area contributed by atoms with Gasteiger partial charge in [-0.3, -0.25) is 4.90 Å². The lowest BCUT2D eigenvalue weighted by Crippen LogP contribution is -2.48. The molecule has 0 radical (unpaired) electrons. The second-order valence-corrected chi connectivity index (χ2v) is 8.86. The molecule has 4 heterocycles. The SMILES string of the molecule is O=C(Nc1cccc(O)c1)N1c2nc(-c3cccc(C4(C(F)(F)F)NN4)c3)ccc2N2CC[C@H]1C2. The summed E-state index contributed by atoms with van der Waals surface area (Å²) in [6, 6.07) is 15.5. The van der Waals surface area contributed by atoms with E-state index in [4.69, 9.17) is 4.98 Å². The lowest BCUT2D eigenvalue weighted by molar-refractivity contribution is -0.165. The van der Waals surface area contributed by atoms with Crippen molar-refractivity contribution in [1.82, 2.24) is 15.8 Å². The minimum atomic E-state index is -4.51. The van der Waals surface area contributed by atoms with Gasteiger partial charge in [0.1, 0.15) is 5.75 Å². The van der Waals surface area contributed by atoms with E-state index in [0.717, 1.165) is 18.7 Å². The molecule has 1 aromatic heterocycles. The summed E-state index contributed by atoms with van der Waals surface area (Å²) < 4.78 is 40.7. The van der Waals surface area contributed by atoms with E-state index in [-0.39, 0.29) is 23.4 Å². The number of nitrogens with one attached hydrogen (secondary N) is 3. The summed E-state index contributed by atoms with van der Waals surface area (Å²) in [5.74, 6) is 0.484. The molecule has 1 atom stereocenters. The van der Waals surface area contributed by atoms with E-state index < -0.39 is 11.8 Å². The van der Waals surface area contributed by atoms with E-state index in [1.165, 1.54) is 24.3 Å². The molecule has 8 nitrogen and oxygen atoms in total. The molecule has 180 valence electrons. The van der Waals surface area contributed by atoms with Gasteiger partial charge in [0.15, 0.2) is 5.82 Å². The highest BCUT2D eigenvalue weighted by molar-refractivity contribution is 6.04. The van der Waals surface area contributed by atoms with Crippen molar-refractivity contribution in [2.24, 2.45) is 0 Å². The standard InChI is InChI=1S/C24H21F3N6O2/c25-24(26,27)23(30-31-23)15-4-1-3-14(11-15)19-7-8-20-21(29-19)33(17-9-10-32(20)13-17)22(35)28-16-5-2-6-18(34)12-16/h1-8,11-12,17,30-31,34H,9-10,13H2,(H,28,35)/t17-/m0/s1. The number of halogens is 3. The van der Waals surface area contributed by atoms with Crippen LogP contribution in [0.25, 0.3) is 11.3 Å². The van der Waals surface area contributed by atoms with Gasteiger partial charge in [-0.05, 0) is 42.3 Å². The van der Waals surface area contributed by atoms with Crippen LogP contribution in [-0.4, -0.2) is 41.4 Å². The number of phenolic OH excluding ortho intramolecular Hbond substituents is 1. The number of alkyl halides is 3. The number of pyridine rings is 1. The first-order chi connectivity index (χ1) is 16.7. The summed E-state index contributed by atoms with van der Waals surface area (Å²) in [6.45, 7) is 1.44. The molecule has 2 aromatic carbocycles. The molecule has 2 amide bonds. The van der Waals surface area contributed by atoms with Crippen molar-refractivity contribution < 1.29 is 23.1 Å². The molecule has 3 aromatic rings. The molecule has 0 saturated carbocycles. The average Bonchev–Trinajstić information content (AvgIpc) is 3.56. The van der Waals surface area contributed by atoms with Crippen LogP contribution in [0.1, 0.15) is 12.0 Å². The molecule has 6 rings (SSSR count). The molecule has 2 saturated heterocycles. The number of hydrogen-bond acceptors (Lipinski definition) is 6. The summed E-state index contributed by atoms with van der Waals surface area (Å²) >= 11 is 0. The molecular formula is C24H21F3N6O2. The summed E-state index contributed by atoms with van der Waals surface area (Å²) in [5, 5.41) is 12.5. The van der Waals surface area contributed by atoms with Gasteiger partial charge in [-0.15, -0.1) is 0 Å². The topological polar surface area (TPSA) is 113 Å². The molecule has 4 N–H and O–H groups in total. The number of aromatic nitrogens is 1. The van der Waals surface area contributed by atoms with E-state index in [1.54, 1.807) is 35.2 Å². The van der Waals surface area contributed by atoms with Crippen molar-refractivity contribution in [3.63, 3.8) is 0 Å². The minimum absolute atomic E-state index is 0.0318. The number of hydrazine groups is 1. The minimum Gasteiger partial charge on any atom is -0.508 e. The molecule has 0 spiro atoms. The normalized spacial score (nSPS) is 19.9. The first-order valence-electron chi connectivity index (χ1n) is 11.1. The Morgan fingerprint density at radius 1 is 1.11 bits per heavy atom. The lowest BCUT2D eigenvalue weighted by atomic mass is 9.99. The monoisotopic (exact) mass is 482 g/mol. The highest BCUT2D eigenvalue weighted by Gasteiger charge is 2.65. The van der Waals surface area contributed by atoms with Gasteiger partial charge < -0.3 is 15.3 Å². The third-order valence-electron chi connectivity index (χ3n) is 6.66. The number of nitrogens with zero attached hydrogens (tertiary/aromatic N) is 3. The van der Waals surface area contributed by atoms with Gasteiger partial charge in [0.2, 0.25) is 5.66 Å². The number of benzene rings is 2. The summed E-state index contributed by atoms with van der Waals surface area (Å²) in [5.41, 5.74) is 4.41. The number of carbonyl (C=O) groups is 1. The Hall–Kier alpha value is -3.83. The quantitative estimate of drug-likeness (QED) is 0.421. The van der Waals surface area contributed by atoms with Gasteiger partial charge in [-0.1, -0.05) is 24.3 Å². The number of fused-ring (bicyclic) bond motifs is 4. The summed E-state index contributed by atoms with van der Waals surface area (Å²) in [7, 11) is 0. The van der Waals surface area contributed by atoms with Gasteiger partial charge in [0, 0.05) is 30.4 Å². The number of phenols is 1. The van der Waals surface area contributed by atoms with Crippen molar-refractivity contribution in [2.75, 3.05) is 28.2 Å². The third kappa shape index (κ3) is 3.55. The van der Waals surface area contributed by atoms with Crippen molar-refractivity contribution in [3.8, 4) is 17.0 Å². The lowest BCUT2D eigenvalue weighted by Gasteiger charge is -2.36. The van der Waals surface area contributed by atoms with E-state index >= 15 is 0 Å². The van der Waals surface area contributed by atoms with Crippen molar-refractivity contribution in [1.29, 1.82) is 0 Å². The molecule has 2 bridgehead atoms. The number of anilines is 3. The molecule has 11 heteroatoms. The number of amides is 2. The Bertz CT molecular complexity index is 1330. The van der Waals surface area contributed by atoms with Gasteiger partial charge in [0.05, 0.1) is 17.4 Å². The Morgan fingerprint density at radius 3 is 2.66 bits per heavy atom. The maximum absolute atomic E-state index is 13.6. The van der Waals surface area contributed by atoms with Crippen LogP contribution in [0.2, 0.25) is 0 Å². The van der Waals surface area contributed by atoms with Gasteiger partial charge in [-0.25, -0.2) is 20.6 Å². The molecule has 0 aliphatic carbocycles. The largest absolute Gasteiger partial charge is 0.508 e. The molecule has 3 aliphatic rings. The number of carbonyl (C=O) groups excluding carboxylic acids is 1. The number of hydrogen-bond donors (Lipinski definition) is 4. The van der Waals surface area contributed by atoms with E-state index in [0.29, 0.717) is 29.3 Å². The second kappa shape index (κ2) is 7.59. The number of urea groups is 1. The van der Waals surface area contributed by atoms with Gasteiger partial charge >= 0.3 is 12.2 Å². The first kappa shape index (κ1) is 21.7. The van der Waals surface area contributed by atoms with Crippen LogP contribution in [0.3, 0.4) is 0 Å². The zero-order chi connectivity index (χ0) is 24.4. The molecule has 2 fully saturated rings. The number of rotatable bonds is 3. The fourth-order valence-corrected chi connectivity index (χ4v) is 4.82. The van der Waals surface area contributed by atoms with Gasteiger partial charge in [-0.2, -0.15) is 13.2 Å². The van der Waals surface area contributed by atoms with Crippen LogP contribution in [0.4, 0.5) is 35.2 Å². The summed E-state index contributed by atoms with van der Waals surface area (Å²) in [4.78, 5) is 21.8. The van der Waals surface area contributed by atoms with Crippen LogP contribution in [-0.2, 0) is 5.66 Å². The van der Waals surface area contributed by atoms with E-state index in [1.807, 2.05) is 6.07 Å². The Kier molecular flexibility index (Phi) is 4.70. The fraction of sp³-hybridized carbons (Fsp3) is 0.250. The van der Waals surface area contributed by atoms with Crippen molar-refractivity contribution in [2.45, 2.75) is 24.3 Å². The molecule has 0 unspecified atom stereocenters. The van der Waals surface area contributed by atoms with Crippen LogP contribution in [0.5, 0.6) is 5.75 Å². The predicted molar refractivity (Wildman–Crippen MR) is 124 cm³/mol. The number of aromatic hydroxyl groups is 1. The van der Waals surface area contributed by atoms with Crippen LogP contribution in [0, 0.1) is 0 Å². The maximum Gasteiger partial charge on any atom is 0.426 e. The van der Waals surface area contributed by atoms with Crippen LogP contribution < -0.4 is 26.0 Å². The second-order valence-electron chi connectivity index (χ2n) is 8.86. The first-order valence-corrected chi connectivity index (χ1v) is 11.1. The van der Waals surface area contributed by atoms with Crippen molar-refractivity contribution >= 4 is 23.2 Å². The Morgan fingerprint density at radius 2 is 1.91 bits per heavy atom. The van der Waals surface area contributed by atoms with Gasteiger partial charge in [0.25, 0.3) is 0 Å². The van der Waals surface area contributed by atoms with E-state index in [2.05, 4.69) is 21.1 Å². The zero-order valence-corrected chi connectivity index (χ0v) is 18.3. The predicted octanol–water partition coefficient (Wildman–Crippen LogP) is 3.91. The summed E-state index contributed by atoms with van der Waals surface area (Å²) in [6.07, 6.45) is -3.75.